The van der Waals surface area contributed by atoms with E-state index in [1.807, 2.05) is 0 Å². The second-order valence-corrected chi connectivity index (χ2v) is 8.93. The summed E-state index contributed by atoms with van der Waals surface area (Å²) in [6.07, 6.45) is 17.8. The predicted octanol–water partition coefficient (Wildman–Crippen LogP) is 3.35. The van der Waals surface area contributed by atoms with Crippen LogP contribution in [0, 0.1) is 0 Å². The van der Waals surface area contributed by atoms with Crippen LogP contribution < -0.4 is 0 Å². The molecule has 0 unspecified atom stereocenters. The van der Waals surface area contributed by atoms with Crippen LogP contribution in [-0.2, 0) is 0 Å². The zero-order valence-electron chi connectivity index (χ0n) is 8.47. The maximum Gasteiger partial charge on any atom is -0.0198 e. The fourth-order valence-electron chi connectivity index (χ4n) is 1.30. The Morgan fingerprint density at radius 1 is 1.33 bits per heavy atom. The zero-order valence-corrected chi connectivity index (χ0v) is 9.29. The molecule has 0 aliphatic heterocycles. The molecule has 12 heavy (non-hydrogen) atoms. The van der Waals surface area contributed by atoms with Crippen molar-refractivity contribution in [1.29, 1.82) is 0 Å². The van der Waals surface area contributed by atoms with Gasteiger partial charge in [0.15, 0.2) is 0 Å². The Hall–Kier alpha value is -0.170. The first kappa shape index (κ1) is 9.91. The Morgan fingerprint density at radius 2 is 2.08 bits per heavy atom. The van der Waals surface area contributed by atoms with Crippen molar-refractivity contribution in [2.24, 2.45) is 0 Å². The molecular weight excluding hydrogens is 164 g/mol. The molecule has 70 valence electrons. The van der Waals surface area contributed by atoms with Crippen molar-refractivity contribution in [2.75, 3.05) is 24.5 Å². The highest BCUT2D eigenvalue weighted by Crippen LogP contribution is 2.36. The van der Waals surface area contributed by atoms with Gasteiger partial charge in [-0.1, -0.05) is 23.8 Å². The number of hydrogen-bond acceptors (Lipinski definition) is 0. The fraction of sp³-hybridized carbons (Fsp3) is 0.636. The second kappa shape index (κ2) is 4.18. The first-order valence-electron chi connectivity index (χ1n) is 4.58. The van der Waals surface area contributed by atoms with Crippen LogP contribution >= 0.6 is 10.0 Å². The standard InChI is InChI=1S/C11H20S/c1-12(2,3)10-9-11-7-5-4-6-8-11/h4-5,7H,6,8-10H2,1-3H3. The third-order valence-electron chi connectivity index (χ3n) is 2.14. The third-order valence-corrected chi connectivity index (χ3v) is 3.56. The molecule has 0 saturated heterocycles. The van der Waals surface area contributed by atoms with Gasteiger partial charge in [-0.2, -0.15) is 0 Å². The molecule has 0 atom stereocenters. The molecule has 0 aromatic carbocycles. The van der Waals surface area contributed by atoms with E-state index in [0.29, 0.717) is 0 Å². The average Bonchev–Trinajstić information content (AvgIpc) is 2.02. The van der Waals surface area contributed by atoms with Gasteiger partial charge >= 0.3 is 0 Å². The van der Waals surface area contributed by atoms with E-state index in [1.54, 1.807) is 5.57 Å². The summed E-state index contributed by atoms with van der Waals surface area (Å²) < 4.78 is 0. The molecule has 0 aromatic heterocycles. The lowest BCUT2D eigenvalue weighted by Gasteiger charge is -2.25. The highest BCUT2D eigenvalue weighted by Gasteiger charge is 2.06. The van der Waals surface area contributed by atoms with E-state index >= 15 is 0 Å². The molecule has 0 nitrogen and oxygen atoms in total. The lowest BCUT2D eigenvalue weighted by Crippen LogP contribution is -2.00. The molecule has 0 aromatic rings. The van der Waals surface area contributed by atoms with Crippen molar-refractivity contribution in [1.82, 2.24) is 0 Å². The van der Waals surface area contributed by atoms with Gasteiger partial charge in [-0.05, 0) is 43.8 Å². The first-order valence-corrected chi connectivity index (χ1v) is 7.61. The molecule has 0 bridgehead atoms. The van der Waals surface area contributed by atoms with E-state index in [-0.39, 0.29) is 10.0 Å². The van der Waals surface area contributed by atoms with Crippen molar-refractivity contribution >= 4 is 10.0 Å². The van der Waals surface area contributed by atoms with E-state index in [9.17, 15) is 0 Å². The summed E-state index contributed by atoms with van der Waals surface area (Å²) in [5.74, 6) is 1.40. The van der Waals surface area contributed by atoms with Crippen molar-refractivity contribution in [3.63, 3.8) is 0 Å². The van der Waals surface area contributed by atoms with E-state index in [0.717, 1.165) is 0 Å². The Bertz CT molecular complexity index is 194. The minimum atomic E-state index is -0.288. The Morgan fingerprint density at radius 3 is 2.58 bits per heavy atom. The van der Waals surface area contributed by atoms with Gasteiger partial charge in [0.05, 0.1) is 0 Å². The minimum absolute atomic E-state index is 0.288. The first-order chi connectivity index (χ1) is 5.58. The van der Waals surface area contributed by atoms with Crippen LogP contribution in [0.3, 0.4) is 0 Å². The minimum Gasteiger partial charge on any atom is -0.249 e. The van der Waals surface area contributed by atoms with Gasteiger partial charge in [-0.3, -0.25) is 0 Å². The molecule has 0 heterocycles. The lowest BCUT2D eigenvalue weighted by atomic mass is 10.0. The van der Waals surface area contributed by atoms with Crippen molar-refractivity contribution in [3.8, 4) is 0 Å². The van der Waals surface area contributed by atoms with Crippen LogP contribution in [0.4, 0.5) is 0 Å². The topological polar surface area (TPSA) is 0 Å². The van der Waals surface area contributed by atoms with Gasteiger partial charge in [0.2, 0.25) is 0 Å². The van der Waals surface area contributed by atoms with E-state index in [1.165, 1.54) is 25.0 Å². The summed E-state index contributed by atoms with van der Waals surface area (Å²) >= 11 is 0. The molecule has 0 N–H and O–H groups in total. The van der Waals surface area contributed by atoms with Gasteiger partial charge in [-0.25, -0.2) is 10.0 Å². The van der Waals surface area contributed by atoms with Gasteiger partial charge in [0.25, 0.3) is 0 Å². The molecule has 1 aliphatic rings. The quantitative estimate of drug-likeness (QED) is 0.631. The van der Waals surface area contributed by atoms with Gasteiger partial charge in [0.1, 0.15) is 0 Å². The van der Waals surface area contributed by atoms with E-state index in [4.69, 9.17) is 0 Å². The molecule has 0 amide bonds. The normalized spacial score (nSPS) is 19.1. The maximum absolute atomic E-state index is 2.40. The Labute approximate surface area is 78.1 Å². The van der Waals surface area contributed by atoms with Crippen molar-refractivity contribution in [2.45, 2.75) is 19.3 Å². The summed E-state index contributed by atoms with van der Waals surface area (Å²) in [5.41, 5.74) is 1.65. The number of rotatable bonds is 3. The third kappa shape index (κ3) is 4.01. The zero-order chi connectivity index (χ0) is 9.03. The van der Waals surface area contributed by atoms with Crippen molar-refractivity contribution < 1.29 is 0 Å². The van der Waals surface area contributed by atoms with Crippen molar-refractivity contribution in [3.05, 3.63) is 23.8 Å². The highest BCUT2D eigenvalue weighted by atomic mass is 32.3. The molecule has 0 radical (unpaired) electrons. The van der Waals surface area contributed by atoms with Gasteiger partial charge in [0, 0.05) is 0 Å². The summed E-state index contributed by atoms with van der Waals surface area (Å²) in [6.45, 7) is 0. The van der Waals surface area contributed by atoms with Crippen LogP contribution in [0.2, 0.25) is 0 Å². The van der Waals surface area contributed by atoms with Crippen LogP contribution in [0.15, 0.2) is 23.8 Å². The second-order valence-electron chi connectivity index (χ2n) is 4.34. The largest absolute Gasteiger partial charge is 0.249 e. The SMILES string of the molecule is CS(C)(C)CCC1=CC=CCC1. The predicted molar refractivity (Wildman–Crippen MR) is 61.3 cm³/mol. The Balaban J connectivity index is 2.32. The number of allylic oxidation sites excluding steroid dienone is 4. The lowest BCUT2D eigenvalue weighted by molar-refractivity contribution is 0.898. The molecule has 0 fully saturated rings. The monoisotopic (exact) mass is 184 g/mol. The highest BCUT2D eigenvalue weighted by molar-refractivity contribution is 8.32. The smallest absolute Gasteiger partial charge is 0.0198 e. The molecular formula is C11H20S. The summed E-state index contributed by atoms with van der Waals surface area (Å²) in [6, 6.07) is 0. The number of hydrogen-bond donors (Lipinski definition) is 0. The van der Waals surface area contributed by atoms with E-state index in [2.05, 4.69) is 37.0 Å². The molecule has 1 rings (SSSR count). The molecule has 1 aliphatic carbocycles. The van der Waals surface area contributed by atoms with Crippen LogP contribution in [0.5, 0.6) is 0 Å². The molecule has 0 saturated carbocycles. The van der Waals surface area contributed by atoms with Crippen LogP contribution in [0.1, 0.15) is 19.3 Å². The summed E-state index contributed by atoms with van der Waals surface area (Å²) in [5, 5.41) is 0. The van der Waals surface area contributed by atoms with Gasteiger partial charge in [-0.15, -0.1) is 0 Å². The average molecular weight is 184 g/mol. The van der Waals surface area contributed by atoms with Crippen LogP contribution in [0.25, 0.3) is 0 Å². The Kier molecular flexibility index (Phi) is 3.45. The summed E-state index contributed by atoms with van der Waals surface area (Å²) in [7, 11) is -0.288. The van der Waals surface area contributed by atoms with E-state index < -0.39 is 0 Å². The van der Waals surface area contributed by atoms with Crippen LogP contribution in [-0.4, -0.2) is 24.5 Å². The maximum atomic E-state index is 2.40. The van der Waals surface area contributed by atoms with Gasteiger partial charge < -0.3 is 0 Å². The fourth-order valence-corrected chi connectivity index (χ4v) is 2.17. The molecule has 0 spiro atoms. The summed E-state index contributed by atoms with van der Waals surface area (Å²) in [4.78, 5) is 0. The molecule has 1 heteroatoms.